The van der Waals surface area contributed by atoms with Crippen LogP contribution in [0.25, 0.3) is 0 Å². The molecule has 1 aliphatic heterocycles. The highest BCUT2D eigenvalue weighted by molar-refractivity contribution is 5.43. The summed E-state index contributed by atoms with van der Waals surface area (Å²) < 4.78 is 34.0. The summed E-state index contributed by atoms with van der Waals surface area (Å²) in [5, 5.41) is 0. The van der Waals surface area contributed by atoms with E-state index >= 15 is 0 Å². The summed E-state index contributed by atoms with van der Waals surface area (Å²) in [6.45, 7) is -0.253. The van der Waals surface area contributed by atoms with Crippen molar-refractivity contribution in [2.24, 2.45) is 5.73 Å². The summed E-state index contributed by atoms with van der Waals surface area (Å²) in [6, 6.07) is 5.25. The van der Waals surface area contributed by atoms with Gasteiger partial charge in [-0.1, -0.05) is 6.07 Å². The number of likely N-dealkylation sites (tertiary alicyclic amines) is 1. The molecule has 4 nitrogen and oxygen atoms in total. The fourth-order valence-electron chi connectivity index (χ4n) is 2.50. The molecule has 1 atom stereocenters. The van der Waals surface area contributed by atoms with E-state index in [4.69, 9.17) is 10.5 Å². The van der Waals surface area contributed by atoms with Crippen LogP contribution in [0.1, 0.15) is 18.4 Å². The molecule has 1 heterocycles. The molecule has 6 heteroatoms. The van der Waals surface area contributed by atoms with Crippen LogP contribution in [0, 0.1) is 0 Å². The van der Waals surface area contributed by atoms with Crippen molar-refractivity contribution < 1.29 is 18.3 Å². The van der Waals surface area contributed by atoms with Crippen LogP contribution in [0.4, 0.5) is 8.78 Å². The lowest BCUT2D eigenvalue weighted by Gasteiger charge is -2.30. The molecule has 0 bridgehead atoms. The average molecular weight is 286 g/mol. The number of ether oxygens (including phenoxy) is 2. The van der Waals surface area contributed by atoms with Gasteiger partial charge in [0, 0.05) is 19.1 Å². The third kappa shape index (κ3) is 4.05. The summed E-state index contributed by atoms with van der Waals surface area (Å²) >= 11 is 0. The predicted molar refractivity (Wildman–Crippen MR) is 72.1 cm³/mol. The lowest BCUT2D eigenvalue weighted by atomic mass is 10.1. The van der Waals surface area contributed by atoms with E-state index in [-0.39, 0.29) is 11.8 Å². The molecule has 2 N–H and O–H groups in total. The molecule has 0 amide bonds. The van der Waals surface area contributed by atoms with Crippen molar-refractivity contribution in [1.29, 1.82) is 0 Å². The highest BCUT2D eigenvalue weighted by atomic mass is 19.3. The number of hydrogen-bond acceptors (Lipinski definition) is 4. The minimum Gasteiger partial charge on any atom is -0.493 e. The Morgan fingerprint density at radius 3 is 2.85 bits per heavy atom. The lowest BCUT2D eigenvalue weighted by Crippen LogP contribution is -2.42. The van der Waals surface area contributed by atoms with E-state index in [2.05, 4.69) is 9.64 Å². The van der Waals surface area contributed by atoms with Crippen molar-refractivity contribution in [3.05, 3.63) is 23.8 Å². The Hall–Kier alpha value is -1.40. The fraction of sp³-hybridized carbons (Fsp3) is 0.571. The van der Waals surface area contributed by atoms with Crippen LogP contribution in [0.2, 0.25) is 0 Å². The van der Waals surface area contributed by atoms with Crippen molar-refractivity contribution >= 4 is 0 Å². The van der Waals surface area contributed by atoms with E-state index in [0.717, 1.165) is 38.0 Å². The molecular weight excluding hydrogens is 266 g/mol. The Labute approximate surface area is 117 Å². The summed E-state index contributed by atoms with van der Waals surface area (Å²) in [5.74, 6) is 0.380. The first-order valence-electron chi connectivity index (χ1n) is 6.68. The van der Waals surface area contributed by atoms with Crippen LogP contribution in [0.3, 0.4) is 0 Å². The number of rotatable bonds is 5. The summed E-state index contributed by atoms with van der Waals surface area (Å²) in [5.41, 5.74) is 6.94. The molecule has 20 heavy (non-hydrogen) atoms. The molecule has 1 fully saturated rings. The minimum atomic E-state index is -2.85. The molecule has 112 valence electrons. The second-order valence-corrected chi connectivity index (χ2v) is 5.00. The third-order valence-corrected chi connectivity index (χ3v) is 3.39. The van der Waals surface area contributed by atoms with Gasteiger partial charge in [-0.2, -0.15) is 8.78 Å². The van der Waals surface area contributed by atoms with Crippen LogP contribution in [0.15, 0.2) is 18.2 Å². The van der Waals surface area contributed by atoms with E-state index in [1.54, 1.807) is 12.1 Å². The van der Waals surface area contributed by atoms with Crippen LogP contribution >= 0.6 is 0 Å². The van der Waals surface area contributed by atoms with E-state index in [1.165, 1.54) is 13.2 Å². The third-order valence-electron chi connectivity index (χ3n) is 3.39. The number of hydrogen-bond donors (Lipinski definition) is 1. The van der Waals surface area contributed by atoms with Crippen LogP contribution < -0.4 is 15.2 Å². The van der Waals surface area contributed by atoms with E-state index < -0.39 is 6.61 Å². The van der Waals surface area contributed by atoms with Crippen LogP contribution in [-0.2, 0) is 6.54 Å². The molecule has 1 aromatic rings. The van der Waals surface area contributed by atoms with E-state index in [1.807, 2.05) is 0 Å². The first-order valence-corrected chi connectivity index (χ1v) is 6.68. The molecular formula is C14H20F2N2O2. The molecule has 1 saturated heterocycles. The minimum absolute atomic E-state index is 0.0570. The second kappa shape index (κ2) is 6.85. The van der Waals surface area contributed by atoms with Gasteiger partial charge >= 0.3 is 6.61 Å². The maximum atomic E-state index is 12.3. The van der Waals surface area contributed by atoms with Crippen molar-refractivity contribution in [2.75, 3.05) is 20.2 Å². The molecule has 0 saturated carbocycles. The zero-order chi connectivity index (χ0) is 14.5. The molecule has 2 rings (SSSR count). The van der Waals surface area contributed by atoms with Gasteiger partial charge in [-0.15, -0.1) is 0 Å². The number of nitrogens with two attached hydrogens (primary N) is 1. The lowest BCUT2D eigenvalue weighted by molar-refractivity contribution is -0.0512. The maximum absolute atomic E-state index is 12.3. The Morgan fingerprint density at radius 1 is 1.40 bits per heavy atom. The van der Waals surface area contributed by atoms with Gasteiger partial charge in [0.05, 0.1) is 7.11 Å². The van der Waals surface area contributed by atoms with Gasteiger partial charge in [0.2, 0.25) is 0 Å². The number of alkyl halides is 2. The zero-order valence-corrected chi connectivity index (χ0v) is 11.5. The standard InChI is InChI=1S/C14H20F2N2O2/c1-19-13-7-10(4-5-12(13)20-14(15)16)8-18-6-2-3-11(17)9-18/h4-5,7,11,14H,2-3,6,8-9,17H2,1H3/t11-/m1/s1. The first-order chi connectivity index (χ1) is 9.58. The van der Waals surface area contributed by atoms with Gasteiger partial charge < -0.3 is 15.2 Å². The van der Waals surface area contributed by atoms with Gasteiger partial charge in [-0.05, 0) is 37.1 Å². The van der Waals surface area contributed by atoms with Gasteiger partial charge in [0.25, 0.3) is 0 Å². The monoisotopic (exact) mass is 286 g/mol. The fourth-order valence-corrected chi connectivity index (χ4v) is 2.50. The SMILES string of the molecule is COc1cc(CN2CCC[C@@H](N)C2)ccc1OC(F)F. The van der Waals surface area contributed by atoms with Gasteiger partial charge in [0.1, 0.15) is 0 Å². The Balaban J connectivity index is 2.05. The zero-order valence-electron chi connectivity index (χ0n) is 11.5. The number of nitrogens with zero attached hydrogens (tertiary/aromatic N) is 1. The highest BCUT2D eigenvalue weighted by Crippen LogP contribution is 2.30. The summed E-state index contributed by atoms with van der Waals surface area (Å²) in [6.07, 6.45) is 2.14. The van der Waals surface area contributed by atoms with Crippen molar-refractivity contribution in [3.8, 4) is 11.5 Å². The Kier molecular flexibility index (Phi) is 5.14. The van der Waals surface area contributed by atoms with Gasteiger partial charge in [-0.3, -0.25) is 4.90 Å². The molecule has 0 aliphatic carbocycles. The topological polar surface area (TPSA) is 47.7 Å². The average Bonchev–Trinajstić information content (AvgIpc) is 2.40. The molecule has 1 aliphatic rings. The maximum Gasteiger partial charge on any atom is 0.387 e. The number of piperidine rings is 1. The summed E-state index contributed by atoms with van der Waals surface area (Å²) in [7, 11) is 1.44. The van der Waals surface area contributed by atoms with Gasteiger partial charge in [-0.25, -0.2) is 0 Å². The van der Waals surface area contributed by atoms with Crippen molar-refractivity contribution in [3.63, 3.8) is 0 Å². The van der Waals surface area contributed by atoms with Crippen LogP contribution in [0.5, 0.6) is 11.5 Å². The Bertz CT molecular complexity index is 443. The number of methoxy groups -OCH3 is 1. The highest BCUT2D eigenvalue weighted by Gasteiger charge is 2.17. The van der Waals surface area contributed by atoms with E-state index in [0.29, 0.717) is 5.75 Å². The van der Waals surface area contributed by atoms with Crippen molar-refractivity contribution in [2.45, 2.75) is 32.0 Å². The van der Waals surface area contributed by atoms with Crippen molar-refractivity contribution in [1.82, 2.24) is 4.90 Å². The quantitative estimate of drug-likeness (QED) is 0.901. The van der Waals surface area contributed by atoms with E-state index in [9.17, 15) is 8.78 Å². The normalized spacial score (nSPS) is 20.1. The number of halogens is 2. The van der Waals surface area contributed by atoms with Gasteiger partial charge in [0.15, 0.2) is 11.5 Å². The van der Waals surface area contributed by atoms with Crippen LogP contribution in [-0.4, -0.2) is 37.8 Å². The second-order valence-electron chi connectivity index (χ2n) is 5.00. The molecule has 0 spiro atoms. The molecule has 0 radical (unpaired) electrons. The molecule has 0 unspecified atom stereocenters. The largest absolute Gasteiger partial charge is 0.493 e. The Morgan fingerprint density at radius 2 is 2.20 bits per heavy atom. The molecule has 0 aromatic heterocycles. The smallest absolute Gasteiger partial charge is 0.387 e. The molecule has 1 aromatic carbocycles. The predicted octanol–water partition coefficient (Wildman–Crippen LogP) is 2.22. The first kappa shape index (κ1) is 15.0. The summed E-state index contributed by atoms with van der Waals surface area (Å²) in [4.78, 5) is 2.26. The number of benzene rings is 1.